The molecule has 0 spiro atoms. The van der Waals surface area contributed by atoms with Gasteiger partial charge in [-0.2, -0.15) is 0 Å². The molecule has 0 aromatic heterocycles. The number of nitrogens with one attached hydrogen (secondary N) is 1. The second-order valence-electron chi connectivity index (χ2n) is 3.71. The Kier molecular flexibility index (Phi) is 10.4. The lowest BCUT2D eigenvalue weighted by Crippen LogP contribution is -2.38. The summed E-state index contributed by atoms with van der Waals surface area (Å²) in [6.45, 7) is 6.32. The third-order valence-electron chi connectivity index (χ3n) is 2.34. The summed E-state index contributed by atoms with van der Waals surface area (Å²) in [5, 5.41) is 2.87. The van der Waals surface area contributed by atoms with Crippen molar-refractivity contribution in [1.82, 2.24) is 10.2 Å². The van der Waals surface area contributed by atoms with Crippen molar-refractivity contribution in [2.45, 2.75) is 19.8 Å². The van der Waals surface area contributed by atoms with Gasteiger partial charge in [-0.1, -0.05) is 6.92 Å². The molecule has 0 aliphatic rings. The van der Waals surface area contributed by atoms with Crippen LogP contribution >= 0.6 is 0 Å². The number of hydrogen-bond donors (Lipinski definition) is 2. The highest BCUT2D eigenvalue weighted by atomic mass is 16.5. The van der Waals surface area contributed by atoms with Crippen molar-refractivity contribution in [3.8, 4) is 0 Å². The number of hydrogen-bond acceptors (Lipinski definition) is 4. The van der Waals surface area contributed by atoms with Crippen molar-refractivity contribution in [3.05, 3.63) is 0 Å². The topological polar surface area (TPSA) is 67.6 Å². The van der Waals surface area contributed by atoms with Gasteiger partial charge in [0.25, 0.3) is 0 Å². The predicted octanol–water partition coefficient (Wildman–Crippen LogP) is -0.190. The minimum Gasteiger partial charge on any atom is -0.385 e. The molecule has 0 aliphatic heterocycles. The molecule has 0 aliphatic carbocycles. The molecule has 0 saturated heterocycles. The summed E-state index contributed by atoms with van der Waals surface area (Å²) in [7, 11) is 1.66. The van der Waals surface area contributed by atoms with Gasteiger partial charge in [0.05, 0.1) is 6.54 Å². The van der Waals surface area contributed by atoms with Crippen LogP contribution in [0.15, 0.2) is 0 Å². The van der Waals surface area contributed by atoms with Crippen LogP contribution in [0.3, 0.4) is 0 Å². The molecular weight excluding hydrogens is 206 g/mol. The first-order valence-corrected chi connectivity index (χ1v) is 5.92. The molecule has 0 saturated carbocycles. The standard InChI is InChI=1S/C11H25N3O2/c1-3-14(8-4-6-12)10-11(15)13-7-5-9-16-2/h3-10,12H2,1-2H3,(H,13,15). The lowest BCUT2D eigenvalue weighted by molar-refractivity contribution is -0.122. The van der Waals surface area contributed by atoms with Crippen LogP contribution in [-0.2, 0) is 9.53 Å². The van der Waals surface area contributed by atoms with Crippen LogP contribution in [0.4, 0.5) is 0 Å². The van der Waals surface area contributed by atoms with Gasteiger partial charge in [0.2, 0.25) is 5.91 Å². The van der Waals surface area contributed by atoms with Gasteiger partial charge in [-0.05, 0) is 32.5 Å². The van der Waals surface area contributed by atoms with Crippen molar-refractivity contribution < 1.29 is 9.53 Å². The Balaban J connectivity index is 3.57. The van der Waals surface area contributed by atoms with E-state index in [1.165, 1.54) is 0 Å². The first kappa shape index (κ1) is 15.3. The highest BCUT2D eigenvalue weighted by Crippen LogP contribution is 1.90. The Morgan fingerprint density at radius 3 is 2.75 bits per heavy atom. The molecule has 0 fully saturated rings. The van der Waals surface area contributed by atoms with E-state index >= 15 is 0 Å². The van der Waals surface area contributed by atoms with Gasteiger partial charge in [-0.25, -0.2) is 0 Å². The lowest BCUT2D eigenvalue weighted by atomic mass is 10.3. The molecule has 0 bridgehead atoms. The number of nitrogens with two attached hydrogens (primary N) is 1. The maximum atomic E-state index is 11.5. The molecule has 96 valence electrons. The van der Waals surface area contributed by atoms with E-state index in [4.69, 9.17) is 10.5 Å². The second-order valence-corrected chi connectivity index (χ2v) is 3.71. The van der Waals surface area contributed by atoms with Gasteiger partial charge >= 0.3 is 0 Å². The molecule has 0 atom stereocenters. The summed E-state index contributed by atoms with van der Waals surface area (Å²) >= 11 is 0. The Hall–Kier alpha value is -0.650. The van der Waals surface area contributed by atoms with Crippen LogP contribution < -0.4 is 11.1 Å². The molecule has 3 N–H and O–H groups in total. The molecule has 0 rings (SSSR count). The van der Waals surface area contributed by atoms with E-state index in [0.717, 1.165) is 25.9 Å². The molecule has 0 aromatic carbocycles. The maximum absolute atomic E-state index is 11.5. The van der Waals surface area contributed by atoms with Crippen LogP contribution in [0.25, 0.3) is 0 Å². The summed E-state index contributed by atoms with van der Waals surface area (Å²) in [5.41, 5.74) is 5.43. The van der Waals surface area contributed by atoms with Gasteiger partial charge in [-0.3, -0.25) is 9.69 Å². The number of amides is 1. The number of rotatable bonds is 10. The zero-order valence-corrected chi connectivity index (χ0v) is 10.5. The Morgan fingerprint density at radius 1 is 1.44 bits per heavy atom. The molecule has 5 nitrogen and oxygen atoms in total. The Labute approximate surface area is 98.3 Å². The van der Waals surface area contributed by atoms with E-state index in [1.807, 2.05) is 0 Å². The molecule has 16 heavy (non-hydrogen) atoms. The molecular formula is C11H25N3O2. The number of carbonyl (C=O) groups is 1. The molecule has 5 heteroatoms. The van der Waals surface area contributed by atoms with Gasteiger partial charge < -0.3 is 15.8 Å². The van der Waals surface area contributed by atoms with Crippen LogP contribution in [-0.4, -0.2) is 57.2 Å². The molecule has 0 radical (unpaired) electrons. The fraction of sp³-hybridized carbons (Fsp3) is 0.909. The lowest BCUT2D eigenvalue weighted by Gasteiger charge is -2.19. The van der Waals surface area contributed by atoms with Gasteiger partial charge in [0.15, 0.2) is 0 Å². The first-order chi connectivity index (χ1) is 7.74. The van der Waals surface area contributed by atoms with E-state index in [2.05, 4.69) is 17.1 Å². The third kappa shape index (κ3) is 8.64. The normalized spacial score (nSPS) is 10.8. The largest absolute Gasteiger partial charge is 0.385 e. The van der Waals surface area contributed by atoms with Gasteiger partial charge in [0.1, 0.15) is 0 Å². The average Bonchev–Trinajstić information content (AvgIpc) is 2.30. The molecule has 0 heterocycles. The highest BCUT2D eigenvalue weighted by Gasteiger charge is 2.07. The SMILES string of the molecule is CCN(CCCN)CC(=O)NCCCOC. The average molecular weight is 231 g/mol. The van der Waals surface area contributed by atoms with Crippen LogP contribution in [0.5, 0.6) is 0 Å². The smallest absolute Gasteiger partial charge is 0.234 e. The van der Waals surface area contributed by atoms with E-state index in [0.29, 0.717) is 26.2 Å². The third-order valence-corrected chi connectivity index (χ3v) is 2.34. The molecule has 0 unspecified atom stereocenters. The monoisotopic (exact) mass is 231 g/mol. The van der Waals surface area contributed by atoms with E-state index < -0.39 is 0 Å². The van der Waals surface area contributed by atoms with Crippen LogP contribution in [0, 0.1) is 0 Å². The van der Waals surface area contributed by atoms with Crippen molar-refractivity contribution in [1.29, 1.82) is 0 Å². The van der Waals surface area contributed by atoms with E-state index in [1.54, 1.807) is 7.11 Å². The van der Waals surface area contributed by atoms with Crippen molar-refractivity contribution in [2.75, 3.05) is 46.4 Å². The fourth-order valence-electron chi connectivity index (χ4n) is 1.37. The predicted molar refractivity (Wildman–Crippen MR) is 65.3 cm³/mol. The van der Waals surface area contributed by atoms with Gasteiger partial charge in [-0.15, -0.1) is 0 Å². The zero-order valence-electron chi connectivity index (χ0n) is 10.5. The minimum absolute atomic E-state index is 0.0787. The van der Waals surface area contributed by atoms with Crippen molar-refractivity contribution >= 4 is 5.91 Å². The number of carbonyl (C=O) groups excluding carboxylic acids is 1. The maximum Gasteiger partial charge on any atom is 0.234 e. The number of nitrogens with zero attached hydrogens (tertiary/aromatic N) is 1. The summed E-state index contributed by atoms with van der Waals surface area (Å²) in [6, 6.07) is 0. The Morgan fingerprint density at radius 2 is 2.19 bits per heavy atom. The second kappa shape index (κ2) is 10.9. The van der Waals surface area contributed by atoms with Crippen LogP contribution in [0.2, 0.25) is 0 Å². The van der Waals surface area contributed by atoms with Crippen molar-refractivity contribution in [3.63, 3.8) is 0 Å². The summed E-state index contributed by atoms with van der Waals surface area (Å²) < 4.78 is 4.90. The Bertz CT molecular complexity index is 177. The highest BCUT2D eigenvalue weighted by molar-refractivity contribution is 5.77. The first-order valence-electron chi connectivity index (χ1n) is 5.92. The summed E-state index contributed by atoms with van der Waals surface area (Å²) in [6.07, 6.45) is 1.79. The van der Waals surface area contributed by atoms with E-state index in [-0.39, 0.29) is 5.91 Å². The molecule has 0 aromatic rings. The fourth-order valence-corrected chi connectivity index (χ4v) is 1.37. The number of methoxy groups -OCH3 is 1. The van der Waals surface area contributed by atoms with E-state index in [9.17, 15) is 4.79 Å². The number of ether oxygens (including phenoxy) is 1. The van der Waals surface area contributed by atoms with Crippen LogP contribution in [0.1, 0.15) is 19.8 Å². The number of likely N-dealkylation sites (N-methyl/N-ethyl adjacent to an activating group) is 1. The quantitative estimate of drug-likeness (QED) is 0.511. The summed E-state index contributed by atoms with van der Waals surface area (Å²) in [4.78, 5) is 13.6. The molecule has 1 amide bonds. The minimum atomic E-state index is 0.0787. The van der Waals surface area contributed by atoms with Crippen molar-refractivity contribution in [2.24, 2.45) is 5.73 Å². The zero-order chi connectivity index (χ0) is 12.2. The summed E-state index contributed by atoms with van der Waals surface area (Å²) in [5.74, 6) is 0.0787. The van der Waals surface area contributed by atoms with Gasteiger partial charge in [0, 0.05) is 20.3 Å².